The summed E-state index contributed by atoms with van der Waals surface area (Å²) in [5, 5.41) is 11.3. The van der Waals surface area contributed by atoms with Gasteiger partial charge in [0.25, 0.3) is 0 Å². The molecule has 0 atom stereocenters. The third kappa shape index (κ3) is 5.89. The summed E-state index contributed by atoms with van der Waals surface area (Å²) < 4.78 is 1.99. The molecule has 4 nitrogen and oxygen atoms in total. The molecule has 1 aromatic carbocycles. The Hall–Kier alpha value is -2.01. The summed E-state index contributed by atoms with van der Waals surface area (Å²) in [5.41, 5.74) is 2.30. The normalized spacial score (nSPS) is 10.3. The average molecular weight is 518 g/mol. The van der Waals surface area contributed by atoms with Crippen LogP contribution in [0.15, 0.2) is 65.9 Å². The first-order valence-electron chi connectivity index (χ1n) is 7.00. The van der Waals surface area contributed by atoms with Crippen LogP contribution in [-0.2, 0) is 24.9 Å². The van der Waals surface area contributed by atoms with Crippen molar-refractivity contribution in [2.45, 2.75) is 13.8 Å². The molecular formula is C18H17IrN2O2S-. The number of nitrogens with zero attached hydrogens (tertiary/aromatic N) is 2. The molecule has 0 saturated heterocycles. The third-order valence-electron chi connectivity index (χ3n) is 2.78. The number of thiazole rings is 1. The summed E-state index contributed by atoms with van der Waals surface area (Å²) in [6, 6.07) is 14.2. The molecule has 0 bridgehead atoms. The van der Waals surface area contributed by atoms with Crippen LogP contribution < -0.4 is 0 Å². The van der Waals surface area contributed by atoms with Crippen molar-refractivity contribution >= 4 is 17.1 Å². The fourth-order valence-electron chi connectivity index (χ4n) is 1.95. The zero-order valence-corrected chi connectivity index (χ0v) is 16.5. The molecule has 0 aliphatic rings. The SMILES string of the molecule is CC(=O)/C=C(/C)O.[Ir].[c-]1ccc(-c2ccccc2)n1-c1nccs1. The molecule has 0 unspecified atom stereocenters. The summed E-state index contributed by atoms with van der Waals surface area (Å²) in [7, 11) is 0. The van der Waals surface area contributed by atoms with Crippen molar-refractivity contribution in [3.63, 3.8) is 0 Å². The van der Waals surface area contributed by atoms with Gasteiger partial charge in [0.1, 0.15) is 5.13 Å². The number of benzene rings is 1. The Balaban J connectivity index is 0.000000312. The number of aliphatic hydroxyl groups is 1. The van der Waals surface area contributed by atoms with Gasteiger partial charge in [-0.2, -0.15) is 17.4 Å². The first-order chi connectivity index (χ1) is 11.1. The van der Waals surface area contributed by atoms with E-state index in [0.717, 1.165) is 10.8 Å². The van der Waals surface area contributed by atoms with E-state index in [2.05, 4.69) is 29.4 Å². The summed E-state index contributed by atoms with van der Waals surface area (Å²) in [6.07, 6.45) is 6.15. The van der Waals surface area contributed by atoms with E-state index in [4.69, 9.17) is 5.11 Å². The Morgan fingerprint density at radius 2 is 1.96 bits per heavy atom. The molecule has 3 rings (SSSR count). The van der Waals surface area contributed by atoms with E-state index in [0.29, 0.717) is 0 Å². The number of hydrogen-bond acceptors (Lipinski definition) is 4. The van der Waals surface area contributed by atoms with Crippen LogP contribution in [0.1, 0.15) is 13.8 Å². The number of rotatable bonds is 3. The van der Waals surface area contributed by atoms with Crippen molar-refractivity contribution in [1.29, 1.82) is 0 Å². The van der Waals surface area contributed by atoms with Crippen LogP contribution in [-0.4, -0.2) is 20.4 Å². The van der Waals surface area contributed by atoms with Crippen LogP contribution in [0.3, 0.4) is 0 Å². The van der Waals surface area contributed by atoms with Crippen molar-refractivity contribution in [3.8, 4) is 16.4 Å². The zero-order chi connectivity index (χ0) is 16.7. The van der Waals surface area contributed by atoms with Gasteiger partial charge in [-0.05, 0) is 13.8 Å². The van der Waals surface area contributed by atoms with Crippen molar-refractivity contribution < 1.29 is 30.0 Å². The monoisotopic (exact) mass is 518 g/mol. The predicted molar refractivity (Wildman–Crippen MR) is 92.8 cm³/mol. The molecule has 127 valence electrons. The number of carbonyl (C=O) groups excluding carboxylic acids is 1. The summed E-state index contributed by atoms with van der Waals surface area (Å²) in [6.45, 7) is 2.85. The van der Waals surface area contributed by atoms with Crippen LogP contribution in [0.25, 0.3) is 16.4 Å². The second-order valence-corrected chi connectivity index (χ2v) is 5.63. The molecule has 0 amide bonds. The van der Waals surface area contributed by atoms with Gasteiger partial charge >= 0.3 is 0 Å². The largest absolute Gasteiger partial charge is 0.512 e. The summed E-state index contributed by atoms with van der Waals surface area (Å²) in [5.74, 6) is -0.0625. The Morgan fingerprint density at radius 1 is 1.25 bits per heavy atom. The molecule has 0 aliphatic heterocycles. The number of aliphatic hydroxyl groups excluding tert-OH is 1. The molecule has 0 spiro atoms. The maximum Gasteiger partial charge on any atom is 0.155 e. The molecular weight excluding hydrogens is 500 g/mol. The van der Waals surface area contributed by atoms with Crippen molar-refractivity contribution in [3.05, 3.63) is 72.1 Å². The Kier molecular flexibility index (Phi) is 8.33. The van der Waals surface area contributed by atoms with Crippen molar-refractivity contribution in [1.82, 2.24) is 9.55 Å². The second-order valence-electron chi connectivity index (χ2n) is 4.76. The topological polar surface area (TPSA) is 55.1 Å². The molecule has 1 radical (unpaired) electrons. The minimum Gasteiger partial charge on any atom is -0.512 e. The van der Waals surface area contributed by atoms with Crippen LogP contribution in [0.4, 0.5) is 0 Å². The van der Waals surface area contributed by atoms with Gasteiger partial charge in [-0.1, -0.05) is 47.8 Å². The Labute approximate surface area is 158 Å². The van der Waals surface area contributed by atoms with E-state index >= 15 is 0 Å². The van der Waals surface area contributed by atoms with Crippen molar-refractivity contribution in [2.24, 2.45) is 0 Å². The Morgan fingerprint density at radius 3 is 2.46 bits per heavy atom. The molecule has 2 aromatic heterocycles. The molecule has 0 saturated carbocycles. The van der Waals surface area contributed by atoms with E-state index < -0.39 is 0 Å². The maximum absolute atomic E-state index is 10.0. The van der Waals surface area contributed by atoms with Gasteiger partial charge in [-0.3, -0.25) is 9.78 Å². The molecule has 0 fully saturated rings. The third-order valence-corrected chi connectivity index (χ3v) is 3.53. The fraction of sp³-hybridized carbons (Fsp3) is 0.111. The van der Waals surface area contributed by atoms with Crippen LogP contribution >= 0.6 is 11.3 Å². The number of allylic oxidation sites excluding steroid dienone is 2. The van der Waals surface area contributed by atoms with E-state index in [1.165, 1.54) is 25.5 Å². The van der Waals surface area contributed by atoms with Crippen LogP contribution in [0.5, 0.6) is 0 Å². The minimum atomic E-state index is -0.125. The van der Waals surface area contributed by atoms with Gasteiger partial charge in [0.15, 0.2) is 5.78 Å². The van der Waals surface area contributed by atoms with Crippen LogP contribution in [0, 0.1) is 6.20 Å². The number of aromatic nitrogens is 2. The molecule has 24 heavy (non-hydrogen) atoms. The smallest absolute Gasteiger partial charge is 0.155 e. The molecule has 2 heterocycles. The molecule has 1 N–H and O–H groups in total. The summed E-state index contributed by atoms with van der Waals surface area (Å²) >= 11 is 1.61. The quantitative estimate of drug-likeness (QED) is 0.318. The zero-order valence-electron chi connectivity index (χ0n) is 13.3. The van der Waals surface area contributed by atoms with Crippen molar-refractivity contribution in [2.75, 3.05) is 0 Å². The first-order valence-corrected chi connectivity index (χ1v) is 7.88. The minimum absolute atomic E-state index is 0. The van der Waals surface area contributed by atoms with E-state index in [9.17, 15) is 4.79 Å². The van der Waals surface area contributed by atoms with Gasteiger partial charge in [0.05, 0.1) is 5.76 Å². The maximum atomic E-state index is 10.0. The fourth-order valence-corrected chi connectivity index (χ4v) is 2.57. The standard InChI is InChI=1S/C13H9N2S.C5H8O2.Ir/c1-2-5-11(6-3-1)12-7-4-9-15(12)13-14-8-10-16-13;1-4(6)3-5(2)7;/h1-8,10H;3,6H,1-2H3;/q-1;;/b;4-3-;. The average Bonchev–Trinajstić information content (AvgIpc) is 3.18. The molecule has 3 aromatic rings. The number of ketones is 1. The van der Waals surface area contributed by atoms with Gasteiger partial charge in [0, 0.05) is 37.8 Å². The van der Waals surface area contributed by atoms with E-state index in [-0.39, 0.29) is 31.6 Å². The van der Waals surface area contributed by atoms with Gasteiger partial charge < -0.3 is 9.67 Å². The first kappa shape index (κ1) is 20.0. The number of hydrogen-bond donors (Lipinski definition) is 1. The van der Waals surface area contributed by atoms with Gasteiger partial charge in [0.2, 0.25) is 0 Å². The van der Waals surface area contributed by atoms with Gasteiger partial charge in [-0.15, -0.1) is 6.07 Å². The van der Waals surface area contributed by atoms with E-state index in [1.54, 1.807) is 11.3 Å². The number of carbonyl (C=O) groups is 1. The van der Waals surface area contributed by atoms with Gasteiger partial charge in [-0.25, -0.2) is 0 Å². The molecule has 6 heteroatoms. The summed E-state index contributed by atoms with van der Waals surface area (Å²) in [4.78, 5) is 14.3. The Bertz CT molecular complexity index is 776. The predicted octanol–water partition coefficient (Wildman–Crippen LogP) is 4.44. The van der Waals surface area contributed by atoms with E-state index in [1.807, 2.05) is 40.4 Å². The molecule has 0 aliphatic carbocycles. The van der Waals surface area contributed by atoms with Crippen LogP contribution in [0.2, 0.25) is 0 Å². The second kappa shape index (κ2) is 9.98.